The molecule has 0 radical (unpaired) electrons. The van der Waals surface area contributed by atoms with E-state index in [0.717, 1.165) is 47.3 Å². The molecule has 0 spiro atoms. The summed E-state index contributed by atoms with van der Waals surface area (Å²) < 4.78 is 12.8. The van der Waals surface area contributed by atoms with Gasteiger partial charge in [-0.2, -0.15) is 0 Å². The maximum Gasteiger partial charge on any atom is 0.0973 e. The second-order valence-electron chi connectivity index (χ2n) is 7.23. The monoisotopic (exact) mass is 386 g/mol. The lowest BCUT2D eigenvalue weighted by atomic mass is 10.1. The van der Waals surface area contributed by atoms with E-state index in [1.165, 1.54) is 5.56 Å². The standard InChI is InChI=1S/C26H27FN2/c1-3-7-21-10-14-23(15-11-21)25-18-19-26(29-28-25)24-16-12-22(13-17-24)9-6-4-5-8-20(2)27/h3,6,9-20H,1,4-5,7-8H2,2H3/b9-6+. The summed E-state index contributed by atoms with van der Waals surface area (Å²) in [5.74, 6) is 0. The third-order valence-electron chi connectivity index (χ3n) is 4.78. The molecule has 0 aliphatic rings. The minimum absolute atomic E-state index is 0.622. The van der Waals surface area contributed by atoms with Gasteiger partial charge in [-0.3, -0.25) is 0 Å². The Morgan fingerprint density at radius 1 is 0.897 bits per heavy atom. The van der Waals surface area contributed by atoms with Gasteiger partial charge in [-0.05, 0) is 55.9 Å². The third kappa shape index (κ3) is 6.21. The molecule has 1 unspecified atom stereocenters. The van der Waals surface area contributed by atoms with Gasteiger partial charge < -0.3 is 0 Å². The highest BCUT2D eigenvalue weighted by Gasteiger charge is 2.04. The van der Waals surface area contributed by atoms with Crippen LogP contribution in [0, 0.1) is 0 Å². The molecule has 1 aromatic heterocycles. The van der Waals surface area contributed by atoms with Crippen molar-refractivity contribution in [3.8, 4) is 22.5 Å². The Kier molecular flexibility index (Phi) is 7.46. The lowest BCUT2D eigenvalue weighted by Crippen LogP contribution is -1.91. The average molecular weight is 387 g/mol. The first kappa shape index (κ1) is 20.7. The number of alkyl halides is 1. The number of unbranched alkanes of at least 4 members (excludes halogenated alkanes) is 1. The quantitative estimate of drug-likeness (QED) is 0.290. The molecule has 1 atom stereocenters. The molecular weight excluding hydrogens is 359 g/mol. The molecule has 0 bridgehead atoms. The number of hydrogen-bond donors (Lipinski definition) is 0. The fourth-order valence-corrected chi connectivity index (χ4v) is 3.12. The van der Waals surface area contributed by atoms with Crippen molar-refractivity contribution in [2.45, 2.75) is 38.8 Å². The molecule has 0 fully saturated rings. The smallest absolute Gasteiger partial charge is 0.0973 e. The second-order valence-corrected chi connectivity index (χ2v) is 7.23. The zero-order chi connectivity index (χ0) is 20.5. The van der Waals surface area contributed by atoms with Crippen molar-refractivity contribution < 1.29 is 4.39 Å². The van der Waals surface area contributed by atoms with E-state index in [-0.39, 0.29) is 0 Å². The number of nitrogens with zero attached hydrogens (tertiary/aromatic N) is 2. The highest BCUT2D eigenvalue weighted by Crippen LogP contribution is 2.22. The van der Waals surface area contributed by atoms with Crippen LogP contribution in [-0.2, 0) is 6.42 Å². The van der Waals surface area contributed by atoms with Crippen LogP contribution in [0.5, 0.6) is 0 Å². The van der Waals surface area contributed by atoms with Crippen molar-refractivity contribution in [1.82, 2.24) is 10.2 Å². The van der Waals surface area contributed by atoms with Gasteiger partial charge in [-0.15, -0.1) is 16.8 Å². The lowest BCUT2D eigenvalue weighted by Gasteiger charge is -2.04. The Morgan fingerprint density at radius 3 is 2.00 bits per heavy atom. The summed E-state index contributed by atoms with van der Waals surface area (Å²) >= 11 is 0. The Bertz CT molecular complexity index is 924. The van der Waals surface area contributed by atoms with Gasteiger partial charge in [-0.1, -0.05) is 66.8 Å². The van der Waals surface area contributed by atoms with Gasteiger partial charge >= 0.3 is 0 Å². The molecule has 0 saturated carbocycles. The van der Waals surface area contributed by atoms with Crippen molar-refractivity contribution in [3.05, 3.63) is 90.5 Å². The molecule has 3 aromatic rings. The van der Waals surface area contributed by atoms with E-state index in [4.69, 9.17) is 0 Å². The van der Waals surface area contributed by atoms with Gasteiger partial charge in [0.2, 0.25) is 0 Å². The molecule has 29 heavy (non-hydrogen) atoms. The van der Waals surface area contributed by atoms with E-state index in [2.05, 4.69) is 77.5 Å². The van der Waals surface area contributed by atoms with E-state index < -0.39 is 6.17 Å². The van der Waals surface area contributed by atoms with Crippen LogP contribution in [0.4, 0.5) is 4.39 Å². The Morgan fingerprint density at radius 2 is 1.48 bits per heavy atom. The lowest BCUT2D eigenvalue weighted by molar-refractivity contribution is 0.335. The number of hydrogen-bond acceptors (Lipinski definition) is 2. The molecular formula is C26H27FN2. The molecule has 0 amide bonds. The minimum Gasteiger partial charge on any atom is -0.248 e. The van der Waals surface area contributed by atoms with Crippen molar-refractivity contribution in [1.29, 1.82) is 0 Å². The van der Waals surface area contributed by atoms with Gasteiger partial charge in [0.15, 0.2) is 0 Å². The molecule has 0 aliphatic heterocycles. The topological polar surface area (TPSA) is 25.8 Å². The van der Waals surface area contributed by atoms with Crippen LogP contribution in [0.3, 0.4) is 0 Å². The van der Waals surface area contributed by atoms with Crippen molar-refractivity contribution in [3.63, 3.8) is 0 Å². The first-order chi connectivity index (χ1) is 14.2. The number of aromatic nitrogens is 2. The molecule has 0 N–H and O–H groups in total. The summed E-state index contributed by atoms with van der Waals surface area (Å²) in [6, 6.07) is 20.6. The van der Waals surface area contributed by atoms with Crippen molar-refractivity contribution in [2.24, 2.45) is 0 Å². The second kappa shape index (κ2) is 10.5. The SMILES string of the molecule is C=CCc1ccc(-c2ccc(-c3ccc(/C=C/CCCC(C)F)cc3)nn2)cc1. The Balaban J connectivity index is 1.62. The van der Waals surface area contributed by atoms with E-state index in [1.54, 1.807) is 6.92 Å². The molecule has 2 aromatic carbocycles. The molecule has 3 heteroatoms. The fourth-order valence-electron chi connectivity index (χ4n) is 3.12. The summed E-state index contributed by atoms with van der Waals surface area (Å²) in [4.78, 5) is 0. The third-order valence-corrected chi connectivity index (χ3v) is 4.78. The summed E-state index contributed by atoms with van der Waals surface area (Å²) in [5, 5.41) is 8.79. The molecule has 1 heterocycles. The number of halogens is 1. The van der Waals surface area contributed by atoms with Crippen molar-refractivity contribution >= 4 is 6.08 Å². The van der Waals surface area contributed by atoms with Crippen LogP contribution < -0.4 is 0 Å². The maximum absolute atomic E-state index is 12.8. The Labute approximate surface area is 172 Å². The molecule has 3 rings (SSSR count). The van der Waals surface area contributed by atoms with Crippen LogP contribution in [-0.4, -0.2) is 16.4 Å². The van der Waals surface area contributed by atoms with Gasteiger partial charge in [-0.25, -0.2) is 4.39 Å². The number of allylic oxidation sites excluding steroid dienone is 2. The molecule has 0 saturated heterocycles. The van der Waals surface area contributed by atoms with Gasteiger partial charge in [0.25, 0.3) is 0 Å². The highest BCUT2D eigenvalue weighted by atomic mass is 19.1. The van der Waals surface area contributed by atoms with Gasteiger partial charge in [0, 0.05) is 11.1 Å². The summed E-state index contributed by atoms with van der Waals surface area (Å²) in [6.07, 6.45) is 8.64. The zero-order valence-corrected chi connectivity index (χ0v) is 16.9. The van der Waals surface area contributed by atoms with Crippen LogP contribution in [0.15, 0.2) is 79.4 Å². The van der Waals surface area contributed by atoms with E-state index >= 15 is 0 Å². The maximum atomic E-state index is 12.8. The predicted molar refractivity (Wildman–Crippen MR) is 120 cm³/mol. The van der Waals surface area contributed by atoms with Gasteiger partial charge in [0.05, 0.1) is 17.6 Å². The van der Waals surface area contributed by atoms with Crippen LogP contribution >= 0.6 is 0 Å². The predicted octanol–water partition coefficient (Wildman–Crippen LogP) is 7.08. The van der Waals surface area contributed by atoms with Crippen LogP contribution in [0.1, 0.15) is 37.3 Å². The van der Waals surface area contributed by atoms with Crippen LogP contribution in [0.2, 0.25) is 0 Å². The summed E-state index contributed by atoms with van der Waals surface area (Å²) in [6.45, 7) is 5.38. The van der Waals surface area contributed by atoms with Crippen molar-refractivity contribution in [2.75, 3.05) is 0 Å². The molecule has 148 valence electrons. The first-order valence-corrected chi connectivity index (χ1v) is 10.1. The van der Waals surface area contributed by atoms with Gasteiger partial charge in [0.1, 0.15) is 0 Å². The number of rotatable bonds is 9. The summed E-state index contributed by atoms with van der Waals surface area (Å²) in [7, 11) is 0. The van der Waals surface area contributed by atoms with Crippen LogP contribution in [0.25, 0.3) is 28.6 Å². The molecule has 0 aliphatic carbocycles. The first-order valence-electron chi connectivity index (χ1n) is 10.1. The summed E-state index contributed by atoms with van der Waals surface area (Å²) in [5.41, 5.74) is 6.17. The fraction of sp³-hybridized carbons (Fsp3) is 0.231. The normalized spacial score (nSPS) is 12.2. The Hall–Kier alpha value is -3.07. The largest absolute Gasteiger partial charge is 0.248 e. The van der Waals surface area contributed by atoms with E-state index in [0.29, 0.717) is 6.42 Å². The average Bonchev–Trinajstić information content (AvgIpc) is 2.75. The molecule has 2 nitrogen and oxygen atoms in total. The highest BCUT2D eigenvalue weighted by molar-refractivity contribution is 5.65. The zero-order valence-electron chi connectivity index (χ0n) is 16.9. The van der Waals surface area contributed by atoms with E-state index in [1.807, 2.05) is 18.2 Å². The minimum atomic E-state index is -0.716. The van der Waals surface area contributed by atoms with E-state index in [9.17, 15) is 4.39 Å². The number of benzene rings is 2.